The number of H-pyrrole nitrogens is 2. The van der Waals surface area contributed by atoms with Crippen molar-refractivity contribution in [3.8, 4) is 78.9 Å². The van der Waals surface area contributed by atoms with E-state index in [1.165, 1.54) is 0 Å². The van der Waals surface area contributed by atoms with E-state index in [0.717, 1.165) is 78.9 Å². The number of rotatable bonds is 7. The van der Waals surface area contributed by atoms with Crippen LogP contribution in [-0.4, -0.2) is 19.9 Å². The maximum absolute atomic E-state index is 5.35. The normalized spacial score (nSPS) is 11.0. The van der Waals surface area contributed by atoms with Gasteiger partial charge in [0.15, 0.2) is 0 Å². The van der Waals surface area contributed by atoms with Gasteiger partial charge in [-0.1, -0.05) is 170 Å². The van der Waals surface area contributed by atoms with Crippen molar-refractivity contribution in [2.75, 3.05) is 0 Å². The van der Waals surface area contributed by atoms with Crippen LogP contribution < -0.4 is 0 Å². The molecule has 0 fully saturated rings. The van der Waals surface area contributed by atoms with Gasteiger partial charge in [-0.05, 0) is 11.1 Å². The third-order valence-electron chi connectivity index (χ3n) is 8.27. The van der Waals surface area contributed by atoms with E-state index < -0.39 is 0 Å². The van der Waals surface area contributed by atoms with Gasteiger partial charge in [0.05, 0.1) is 22.8 Å². The van der Waals surface area contributed by atoms with Crippen molar-refractivity contribution in [3.05, 3.63) is 170 Å². The van der Waals surface area contributed by atoms with Crippen LogP contribution in [0.1, 0.15) is 0 Å². The standard InChI is InChI=1S/C42H30N4/c1-6-17-29(18-7-1)34-27-16-28-35(41-43-37(30-19-8-2-9-20-30)38(44-41)31-21-10-3-11-22-31)36(34)42-45-39(32-23-12-4-13-24-32)40(46-42)33-25-14-5-15-26-33/h1-28H,(H,43,44)(H,45,46). The number of nitrogens with zero attached hydrogens (tertiary/aromatic N) is 2. The summed E-state index contributed by atoms with van der Waals surface area (Å²) in [4.78, 5) is 18.1. The monoisotopic (exact) mass is 590 g/mol. The molecule has 0 saturated carbocycles. The Kier molecular flexibility index (Phi) is 7.14. The Bertz CT molecular complexity index is 2100. The highest BCUT2D eigenvalue weighted by Crippen LogP contribution is 2.42. The van der Waals surface area contributed by atoms with Gasteiger partial charge < -0.3 is 9.97 Å². The van der Waals surface area contributed by atoms with Crippen LogP contribution in [0.4, 0.5) is 0 Å². The summed E-state index contributed by atoms with van der Waals surface area (Å²) in [5, 5.41) is 0. The molecule has 0 saturated heterocycles. The minimum absolute atomic E-state index is 0.782. The van der Waals surface area contributed by atoms with E-state index in [4.69, 9.17) is 9.97 Å². The second-order valence-electron chi connectivity index (χ2n) is 11.2. The van der Waals surface area contributed by atoms with Crippen molar-refractivity contribution < 1.29 is 0 Å². The zero-order chi connectivity index (χ0) is 30.7. The van der Waals surface area contributed by atoms with E-state index in [9.17, 15) is 0 Å². The highest BCUT2D eigenvalue weighted by atomic mass is 15.0. The minimum Gasteiger partial charge on any atom is -0.337 e. The second kappa shape index (κ2) is 12.0. The summed E-state index contributed by atoms with van der Waals surface area (Å²) in [5.41, 5.74) is 12.2. The third kappa shape index (κ3) is 5.12. The summed E-state index contributed by atoms with van der Waals surface area (Å²) in [5.74, 6) is 1.57. The van der Waals surface area contributed by atoms with Crippen LogP contribution in [0.15, 0.2) is 170 Å². The summed E-state index contributed by atoms with van der Waals surface area (Å²) in [6, 6.07) is 58.4. The second-order valence-corrected chi connectivity index (χ2v) is 11.2. The number of hydrogen-bond donors (Lipinski definition) is 2. The molecule has 8 rings (SSSR count). The molecule has 0 aliphatic carbocycles. The van der Waals surface area contributed by atoms with Crippen molar-refractivity contribution in [1.29, 1.82) is 0 Å². The first-order chi connectivity index (χ1) is 22.8. The summed E-state index contributed by atoms with van der Waals surface area (Å²) >= 11 is 0. The van der Waals surface area contributed by atoms with Crippen molar-refractivity contribution in [2.24, 2.45) is 0 Å². The van der Waals surface area contributed by atoms with Gasteiger partial charge in [-0.15, -0.1) is 0 Å². The van der Waals surface area contributed by atoms with Gasteiger partial charge in [0.2, 0.25) is 0 Å². The lowest BCUT2D eigenvalue weighted by Gasteiger charge is -2.13. The Morgan fingerprint density at radius 3 is 1.15 bits per heavy atom. The first-order valence-electron chi connectivity index (χ1n) is 15.4. The molecular weight excluding hydrogens is 560 g/mol. The molecule has 0 aliphatic heterocycles. The van der Waals surface area contributed by atoms with Gasteiger partial charge in [0, 0.05) is 33.4 Å². The van der Waals surface area contributed by atoms with Crippen LogP contribution in [-0.2, 0) is 0 Å². The van der Waals surface area contributed by atoms with Crippen LogP contribution in [0.25, 0.3) is 78.9 Å². The number of hydrogen-bond acceptors (Lipinski definition) is 2. The lowest BCUT2D eigenvalue weighted by atomic mass is 9.94. The number of aromatic nitrogens is 4. The van der Waals surface area contributed by atoms with Crippen LogP contribution in [0.2, 0.25) is 0 Å². The van der Waals surface area contributed by atoms with Gasteiger partial charge >= 0.3 is 0 Å². The van der Waals surface area contributed by atoms with E-state index >= 15 is 0 Å². The highest BCUT2D eigenvalue weighted by molar-refractivity contribution is 5.94. The van der Waals surface area contributed by atoms with Crippen molar-refractivity contribution in [2.45, 2.75) is 0 Å². The predicted molar refractivity (Wildman–Crippen MR) is 189 cm³/mol. The van der Waals surface area contributed by atoms with Gasteiger partial charge in [0.1, 0.15) is 11.6 Å². The van der Waals surface area contributed by atoms with E-state index in [1.54, 1.807) is 0 Å². The number of benzene rings is 6. The molecule has 8 aromatic rings. The third-order valence-corrected chi connectivity index (χ3v) is 8.27. The number of nitrogens with one attached hydrogen (secondary N) is 2. The number of imidazole rings is 2. The highest BCUT2D eigenvalue weighted by Gasteiger charge is 2.24. The summed E-state index contributed by atoms with van der Waals surface area (Å²) < 4.78 is 0. The summed E-state index contributed by atoms with van der Waals surface area (Å²) in [6.07, 6.45) is 0. The Morgan fingerprint density at radius 2 is 0.674 bits per heavy atom. The average Bonchev–Trinajstić information content (AvgIpc) is 3.79. The molecule has 0 bridgehead atoms. The molecular formula is C42H30N4. The Morgan fingerprint density at radius 1 is 0.304 bits per heavy atom. The molecule has 4 nitrogen and oxygen atoms in total. The van der Waals surface area contributed by atoms with Crippen molar-refractivity contribution >= 4 is 0 Å². The predicted octanol–water partition coefficient (Wildman–Crippen LogP) is 10.8. The van der Waals surface area contributed by atoms with Crippen LogP contribution >= 0.6 is 0 Å². The molecule has 0 unspecified atom stereocenters. The lowest BCUT2D eigenvalue weighted by Crippen LogP contribution is -1.93. The van der Waals surface area contributed by atoms with Crippen LogP contribution in [0.5, 0.6) is 0 Å². The molecule has 0 radical (unpaired) electrons. The van der Waals surface area contributed by atoms with Crippen molar-refractivity contribution in [3.63, 3.8) is 0 Å². The topological polar surface area (TPSA) is 57.4 Å². The Labute approximate surface area is 268 Å². The van der Waals surface area contributed by atoms with E-state index in [0.29, 0.717) is 0 Å². The maximum atomic E-state index is 5.35. The largest absolute Gasteiger partial charge is 0.337 e. The number of aromatic amines is 2. The average molecular weight is 591 g/mol. The van der Waals surface area contributed by atoms with Crippen LogP contribution in [0.3, 0.4) is 0 Å². The van der Waals surface area contributed by atoms with E-state index in [2.05, 4.69) is 149 Å². The fraction of sp³-hybridized carbons (Fsp3) is 0. The van der Waals surface area contributed by atoms with Crippen LogP contribution in [0, 0.1) is 0 Å². The molecule has 2 heterocycles. The smallest absolute Gasteiger partial charge is 0.139 e. The zero-order valence-electron chi connectivity index (χ0n) is 25.1. The fourth-order valence-electron chi connectivity index (χ4n) is 6.09. The first kappa shape index (κ1) is 27.3. The van der Waals surface area contributed by atoms with Gasteiger partial charge in [-0.25, -0.2) is 9.97 Å². The molecule has 0 spiro atoms. The van der Waals surface area contributed by atoms with E-state index in [1.807, 2.05) is 30.3 Å². The molecule has 0 amide bonds. The molecule has 6 aromatic carbocycles. The summed E-state index contributed by atoms with van der Waals surface area (Å²) in [7, 11) is 0. The molecule has 46 heavy (non-hydrogen) atoms. The van der Waals surface area contributed by atoms with Gasteiger partial charge in [-0.3, -0.25) is 0 Å². The molecule has 4 heteroatoms. The zero-order valence-corrected chi connectivity index (χ0v) is 25.1. The van der Waals surface area contributed by atoms with Gasteiger partial charge in [-0.2, -0.15) is 0 Å². The minimum atomic E-state index is 0.782. The first-order valence-corrected chi connectivity index (χ1v) is 15.4. The van der Waals surface area contributed by atoms with Gasteiger partial charge in [0.25, 0.3) is 0 Å². The Balaban J connectivity index is 1.40. The van der Waals surface area contributed by atoms with Crippen molar-refractivity contribution in [1.82, 2.24) is 19.9 Å². The summed E-state index contributed by atoms with van der Waals surface area (Å²) in [6.45, 7) is 0. The molecule has 2 N–H and O–H groups in total. The maximum Gasteiger partial charge on any atom is 0.139 e. The molecule has 0 aliphatic rings. The lowest BCUT2D eigenvalue weighted by molar-refractivity contribution is 1.27. The fourth-order valence-corrected chi connectivity index (χ4v) is 6.09. The molecule has 218 valence electrons. The Hall–Kier alpha value is -6.26. The SMILES string of the molecule is c1ccc(-c2cccc(-c3nc(-c4ccccc4)c(-c4ccccc4)[nH]3)c2-c2nc(-c3ccccc3)c(-c3ccccc3)[nH]2)cc1. The molecule has 0 atom stereocenters. The molecule has 2 aromatic heterocycles. The quantitative estimate of drug-likeness (QED) is 0.194. The van der Waals surface area contributed by atoms with E-state index in [-0.39, 0.29) is 0 Å².